The number of hydrogen-bond acceptors (Lipinski definition) is 3. The average Bonchev–Trinajstić information content (AvgIpc) is 1.85. The van der Waals surface area contributed by atoms with Gasteiger partial charge in [0.25, 0.3) is 0 Å². The highest BCUT2D eigenvalue weighted by Gasteiger charge is 2.15. The van der Waals surface area contributed by atoms with Crippen LogP contribution in [0.25, 0.3) is 0 Å². The van der Waals surface area contributed by atoms with Gasteiger partial charge in [0.05, 0.1) is 6.61 Å². The van der Waals surface area contributed by atoms with Gasteiger partial charge in [-0.3, -0.25) is 0 Å². The van der Waals surface area contributed by atoms with Gasteiger partial charge in [-0.2, -0.15) is 0 Å². The second-order valence-corrected chi connectivity index (χ2v) is 4.05. The first kappa shape index (κ1) is 11.9. The maximum Gasteiger partial charge on any atom is 0.0639 e. The minimum Gasteiger partial charge on any atom is -0.383 e. The molecule has 0 spiro atoms. The van der Waals surface area contributed by atoms with Gasteiger partial charge in [0.1, 0.15) is 0 Å². The number of likely N-dealkylation sites (N-methyl/N-ethyl adjacent to an activating group) is 1. The summed E-state index contributed by atoms with van der Waals surface area (Å²) in [7, 11) is 5.88. The lowest BCUT2D eigenvalue weighted by Crippen LogP contribution is -2.45. The lowest BCUT2D eigenvalue weighted by molar-refractivity contribution is 0.127. The highest BCUT2D eigenvalue weighted by atomic mass is 16.5. The van der Waals surface area contributed by atoms with Crippen molar-refractivity contribution in [3.63, 3.8) is 0 Å². The van der Waals surface area contributed by atoms with Crippen molar-refractivity contribution in [1.29, 1.82) is 0 Å². The maximum atomic E-state index is 5.09. The van der Waals surface area contributed by atoms with Gasteiger partial charge in [-0.05, 0) is 27.9 Å². The molecule has 3 heteroatoms. The molecule has 1 N–H and O–H groups in total. The second-order valence-electron chi connectivity index (χ2n) is 4.05. The summed E-state index contributed by atoms with van der Waals surface area (Å²) in [5.41, 5.74) is 0.0881. The highest BCUT2D eigenvalue weighted by Crippen LogP contribution is 2.00. The number of ether oxygens (including phenoxy) is 1. The van der Waals surface area contributed by atoms with Crippen LogP contribution in [0, 0.1) is 0 Å². The van der Waals surface area contributed by atoms with E-state index in [0.29, 0.717) is 0 Å². The summed E-state index contributed by atoms with van der Waals surface area (Å²) in [6, 6.07) is 0. The fraction of sp³-hybridized carbons (Fsp3) is 1.00. The van der Waals surface area contributed by atoms with Crippen molar-refractivity contribution in [3.8, 4) is 0 Å². The molecule has 0 aliphatic rings. The van der Waals surface area contributed by atoms with Gasteiger partial charge in [-0.25, -0.2) is 0 Å². The van der Waals surface area contributed by atoms with Crippen LogP contribution in [-0.4, -0.2) is 51.3 Å². The Morgan fingerprint density at radius 3 is 2.33 bits per heavy atom. The standard InChI is InChI=1S/C9H22N2O/c1-9(2,8-12-5)10-6-7-11(3)4/h10H,6-8H2,1-5H3. The van der Waals surface area contributed by atoms with E-state index in [2.05, 4.69) is 38.2 Å². The molecule has 0 saturated heterocycles. The molecule has 0 radical (unpaired) electrons. The third-order valence-corrected chi connectivity index (χ3v) is 1.67. The molecule has 0 aromatic rings. The molecule has 0 fully saturated rings. The van der Waals surface area contributed by atoms with Gasteiger partial charge in [-0.1, -0.05) is 0 Å². The molecule has 0 bridgehead atoms. The molecule has 0 unspecified atom stereocenters. The molecule has 0 saturated carbocycles. The molecular formula is C9H22N2O. The van der Waals surface area contributed by atoms with Crippen LogP contribution in [0.5, 0.6) is 0 Å². The highest BCUT2D eigenvalue weighted by molar-refractivity contribution is 4.76. The van der Waals surface area contributed by atoms with E-state index in [1.807, 2.05) is 0 Å². The maximum absolute atomic E-state index is 5.09. The third kappa shape index (κ3) is 6.58. The zero-order valence-electron chi connectivity index (χ0n) is 8.98. The van der Waals surface area contributed by atoms with Crippen molar-refractivity contribution in [2.24, 2.45) is 0 Å². The number of nitrogens with one attached hydrogen (secondary N) is 1. The van der Waals surface area contributed by atoms with Crippen LogP contribution in [-0.2, 0) is 4.74 Å². The SMILES string of the molecule is COCC(C)(C)NCCN(C)C. The summed E-state index contributed by atoms with van der Waals surface area (Å²) in [6.45, 7) is 7.11. The number of hydrogen-bond donors (Lipinski definition) is 1. The Bertz CT molecular complexity index is 113. The summed E-state index contributed by atoms with van der Waals surface area (Å²) in [5, 5.41) is 3.42. The Hall–Kier alpha value is -0.120. The van der Waals surface area contributed by atoms with E-state index >= 15 is 0 Å². The summed E-state index contributed by atoms with van der Waals surface area (Å²) >= 11 is 0. The van der Waals surface area contributed by atoms with Crippen molar-refractivity contribution >= 4 is 0 Å². The average molecular weight is 174 g/mol. The number of methoxy groups -OCH3 is 1. The van der Waals surface area contributed by atoms with Gasteiger partial charge in [0.15, 0.2) is 0 Å². The van der Waals surface area contributed by atoms with E-state index in [-0.39, 0.29) is 5.54 Å². The zero-order valence-corrected chi connectivity index (χ0v) is 8.98. The first-order valence-electron chi connectivity index (χ1n) is 4.36. The smallest absolute Gasteiger partial charge is 0.0639 e. The van der Waals surface area contributed by atoms with Gasteiger partial charge in [-0.15, -0.1) is 0 Å². The van der Waals surface area contributed by atoms with Gasteiger partial charge >= 0.3 is 0 Å². The molecule has 0 atom stereocenters. The van der Waals surface area contributed by atoms with Gasteiger partial charge < -0.3 is 15.0 Å². The summed E-state index contributed by atoms with van der Waals surface area (Å²) in [6.07, 6.45) is 0. The van der Waals surface area contributed by atoms with Crippen molar-refractivity contribution in [3.05, 3.63) is 0 Å². The topological polar surface area (TPSA) is 24.5 Å². The Kier molecular flexibility index (Phi) is 5.46. The van der Waals surface area contributed by atoms with E-state index in [1.54, 1.807) is 7.11 Å². The summed E-state index contributed by atoms with van der Waals surface area (Å²) in [4.78, 5) is 2.16. The van der Waals surface area contributed by atoms with Crippen molar-refractivity contribution in [2.75, 3.05) is 40.9 Å². The van der Waals surface area contributed by atoms with Gasteiger partial charge in [0, 0.05) is 25.7 Å². The van der Waals surface area contributed by atoms with E-state index in [1.165, 1.54) is 0 Å². The molecule has 0 aliphatic heterocycles. The minimum atomic E-state index is 0.0881. The van der Waals surface area contributed by atoms with Crippen LogP contribution < -0.4 is 5.32 Å². The molecule has 3 nitrogen and oxygen atoms in total. The summed E-state index contributed by atoms with van der Waals surface area (Å²) in [5.74, 6) is 0. The quantitative estimate of drug-likeness (QED) is 0.637. The zero-order chi connectivity index (χ0) is 9.61. The molecule has 0 heterocycles. The fourth-order valence-electron chi connectivity index (χ4n) is 1.03. The molecule has 0 aliphatic carbocycles. The van der Waals surface area contributed by atoms with Crippen molar-refractivity contribution < 1.29 is 4.74 Å². The first-order chi connectivity index (χ1) is 5.48. The van der Waals surface area contributed by atoms with Crippen LogP contribution in [0.4, 0.5) is 0 Å². The Labute approximate surface area is 76.1 Å². The Balaban J connectivity index is 3.46. The van der Waals surface area contributed by atoms with Crippen LogP contribution in [0.3, 0.4) is 0 Å². The second kappa shape index (κ2) is 5.51. The molecule has 0 aromatic heterocycles. The van der Waals surface area contributed by atoms with Crippen molar-refractivity contribution in [2.45, 2.75) is 19.4 Å². The van der Waals surface area contributed by atoms with Crippen LogP contribution in [0.15, 0.2) is 0 Å². The fourth-order valence-corrected chi connectivity index (χ4v) is 1.03. The normalized spacial score (nSPS) is 12.5. The molecule has 0 aromatic carbocycles. The molecule has 0 amide bonds. The number of rotatable bonds is 6. The van der Waals surface area contributed by atoms with E-state index < -0.39 is 0 Å². The van der Waals surface area contributed by atoms with Crippen LogP contribution in [0.1, 0.15) is 13.8 Å². The Morgan fingerprint density at radius 2 is 1.92 bits per heavy atom. The molecule has 0 rings (SSSR count). The molecular weight excluding hydrogens is 152 g/mol. The van der Waals surface area contributed by atoms with Gasteiger partial charge in [0.2, 0.25) is 0 Å². The van der Waals surface area contributed by atoms with Crippen LogP contribution >= 0.6 is 0 Å². The lowest BCUT2D eigenvalue weighted by Gasteiger charge is -2.26. The largest absolute Gasteiger partial charge is 0.383 e. The molecule has 12 heavy (non-hydrogen) atoms. The predicted molar refractivity (Wildman–Crippen MR) is 52.5 cm³/mol. The van der Waals surface area contributed by atoms with Crippen molar-refractivity contribution in [1.82, 2.24) is 10.2 Å². The first-order valence-corrected chi connectivity index (χ1v) is 4.36. The van der Waals surface area contributed by atoms with E-state index in [9.17, 15) is 0 Å². The van der Waals surface area contributed by atoms with E-state index in [0.717, 1.165) is 19.7 Å². The van der Waals surface area contributed by atoms with Crippen LogP contribution in [0.2, 0.25) is 0 Å². The Morgan fingerprint density at radius 1 is 1.33 bits per heavy atom. The lowest BCUT2D eigenvalue weighted by atomic mass is 10.1. The third-order valence-electron chi connectivity index (χ3n) is 1.67. The number of nitrogens with zero attached hydrogens (tertiary/aromatic N) is 1. The molecule has 74 valence electrons. The minimum absolute atomic E-state index is 0.0881. The van der Waals surface area contributed by atoms with E-state index in [4.69, 9.17) is 4.74 Å². The monoisotopic (exact) mass is 174 g/mol. The predicted octanol–water partition coefficient (Wildman–Crippen LogP) is 0.563. The summed E-state index contributed by atoms with van der Waals surface area (Å²) < 4.78 is 5.09.